The molecule has 0 aromatic heterocycles. The molecule has 1 saturated carbocycles. The number of nitrogens with two attached hydrogens (primary N) is 1. The summed E-state index contributed by atoms with van der Waals surface area (Å²) in [6.45, 7) is 9.32. The van der Waals surface area contributed by atoms with Gasteiger partial charge in [0.1, 0.15) is 0 Å². The molecule has 2 heteroatoms. The van der Waals surface area contributed by atoms with Crippen LogP contribution in [0.15, 0.2) is 0 Å². The second-order valence-corrected chi connectivity index (χ2v) is 6.40. The molecule has 0 aromatic rings. The van der Waals surface area contributed by atoms with Crippen molar-refractivity contribution in [1.29, 1.82) is 0 Å². The van der Waals surface area contributed by atoms with E-state index in [-0.39, 0.29) is 0 Å². The fraction of sp³-hybridized carbons (Fsp3) is 1.00. The number of rotatable bonds is 4. The second kappa shape index (κ2) is 5.31. The molecular weight excluding hydrogens is 184 g/mol. The van der Waals surface area contributed by atoms with Crippen LogP contribution < -0.4 is 11.3 Å². The molecule has 1 aliphatic rings. The van der Waals surface area contributed by atoms with Crippen LogP contribution in [0.1, 0.15) is 59.8 Å². The van der Waals surface area contributed by atoms with Gasteiger partial charge in [0.05, 0.1) is 0 Å². The maximum absolute atomic E-state index is 5.67. The van der Waals surface area contributed by atoms with E-state index in [2.05, 4.69) is 33.1 Å². The van der Waals surface area contributed by atoms with Crippen molar-refractivity contribution in [1.82, 2.24) is 5.43 Å². The summed E-state index contributed by atoms with van der Waals surface area (Å²) in [6, 6.07) is 0.529. The molecule has 0 amide bonds. The van der Waals surface area contributed by atoms with E-state index in [9.17, 15) is 0 Å². The number of nitrogens with one attached hydrogen (secondary N) is 1. The van der Waals surface area contributed by atoms with Gasteiger partial charge in [-0.05, 0) is 49.4 Å². The largest absolute Gasteiger partial charge is 0.271 e. The van der Waals surface area contributed by atoms with Gasteiger partial charge >= 0.3 is 0 Å². The van der Waals surface area contributed by atoms with Crippen molar-refractivity contribution in [3.63, 3.8) is 0 Å². The Morgan fingerprint density at radius 1 is 1.27 bits per heavy atom. The molecule has 0 spiro atoms. The Morgan fingerprint density at radius 2 is 1.80 bits per heavy atom. The van der Waals surface area contributed by atoms with Gasteiger partial charge in [-0.2, -0.15) is 0 Å². The smallest absolute Gasteiger partial charge is 0.0241 e. The topological polar surface area (TPSA) is 38.0 Å². The van der Waals surface area contributed by atoms with Crippen LogP contribution in [-0.4, -0.2) is 6.04 Å². The van der Waals surface area contributed by atoms with Crippen molar-refractivity contribution in [2.24, 2.45) is 23.1 Å². The summed E-state index contributed by atoms with van der Waals surface area (Å²) in [4.78, 5) is 0. The van der Waals surface area contributed by atoms with Crippen molar-refractivity contribution in [2.45, 2.75) is 65.8 Å². The maximum Gasteiger partial charge on any atom is 0.0241 e. The third-order valence-corrected chi connectivity index (χ3v) is 3.89. The minimum Gasteiger partial charge on any atom is -0.271 e. The lowest BCUT2D eigenvalue weighted by Gasteiger charge is -2.38. The van der Waals surface area contributed by atoms with Gasteiger partial charge in [0.15, 0.2) is 0 Å². The molecule has 1 aliphatic carbocycles. The van der Waals surface area contributed by atoms with Crippen molar-refractivity contribution in [3.05, 3.63) is 0 Å². The highest BCUT2D eigenvalue weighted by Gasteiger charge is 2.30. The molecule has 90 valence electrons. The van der Waals surface area contributed by atoms with Crippen molar-refractivity contribution in [2.75, 3.05) is 0 Å². The highest BCUT2D eigenvalue weighted by atomic mass is 15.2. The zero-order chi connectivity index (χ0) is 11.5. The fourth-order valence-electron chi connectivity index (χ4n) is 2.73. The van der Waals surface area contributed by atoms with Crippen LogP contribution >= 0.6 is 0 Å². The standard InChI is InChI=1S/C13H28N2/c1-10(2)9-12(15-14)11-5-7-13(3,4)8-6-11/h10-12,15H,5-9,14H2,1-4H3. The minimum atomic E-state index is 0.529. The van der Waals surface area contributed by atoms with E-state index < -0.39 is 0 Å². The predicted octanol–water partition coefficient (Wildman–Crippen LogP) is 3.08. The molecule has 0 bridgehead atoms. The lowest BCUT2D eigenvalue weighted by atomic mass is 9.70. The highest BCUT2D eigenvalue weighted by Crippen LogP contribution is 2.39. The summed E-state index contributed by atoms with van der Waals surface area (Å²) in [5.74, 6) is 7.20. The monoisotopic (exact) mass is 212 g/mol. The van der Waals surface area contributed by atoms with Crippen molar-refractivity contribution in [3.8, 4) is 0 Å². The SMILES string of the molecule is CC(C)CC(NN)C1CCC(C)(C)CC1. The molecule has 0 aliphatic heterocycles. The summed E-state index contributed by atoms with van der Waals surface area (Å²) < 4.78 is 0. The molecule has 2 nitrogen and oxygen atoms in total. The molecule has 0 heterocycles. The number of hydrogen-bond donors (Lipinski definition) is 2. The van der Waals surface area contributed by atoms with E-state index in [4.69, 9.17) is 5.84 Å². The molecule has 0 aromatic carbocycles. The number of hydrazine groups is 1. The first-order valence-electron chi connectivity index (χ1n) is 6.41. The predicted molar refractivity (Wildman–Crippen MR) is 66.3 cm³/mol. The Bertz CT molecular complexity index is 177. The average Bonchev–Trinajstić information content (AvgIpc) is 2.14. The van der Waals surface area contributed by atoms with Gasteiger partial charge in [-0.1, -0.05) is 27.7 Å². The van der Waals surface area contributed by atoms with Crippen molar-refractivity contribution < 1.29 is 0 Å². The molecule has 1 rings (SSSR count). The third-order valence-electron chi connectivity index (χ3n) is 3.89. The van der Waals surface area contributed by atoms with Gasteiger partial charge in [0, 0.05) is 6.04 Å². The first kappa shape index (κ1) is 13.0. The molecule has 0 radical (unpaired) electrons. The van der Waals surface area contributed by atoms with E-state index in [1.54, 1.807) is 0 Å². The highest BCUT2D eigenvalue weighted by molar-refractivity contribution is 4.84. The van der Waals surface area contributed by atoms with Crippen molar-refractivity contribution >= 4 is 0 Å². The second-order valence-electron chi connectivity index (χ2n) is 6.40. The summed E-state index contributed by atoms with van der Waals surface area (Å²) in [5.41, 5.74) is 3.59. The zero-order valence-electron chi connectivity index (χ0n) is 10.8. The van der Waals surface area contributed by atoms with E-state index in [1.807, 2.05) is 0 Å². The molecule has 0 saturated heterocycles. The van der Waals surface area contributed by atoms with Gasteiger partial charge in [-0.25, -0.2) is 0 Å². The maximum atomic E-state index is 5.67. The molecular formula is C13H28N2. The normalized spacial score (nSPS) is 24.4. The summed E-state index contributed by atoms with van der Waals surface area (Å²) in [6.07, 6.45) is 6.60. The summed E-state index contributed by atoms with van der Waals surface area (Å²) in [5, 5.41) is 0. The Balaban J connectivity index is 2.42. The third kappa shape index (κ3) is 4.12. The minimum absolute atomic E-state index is 0.529. The molecule has 3 N–H and O–H groups in total. The lowest BCUT2D eigenvalue weighted by molar-refractivity contribution is 0.152. The van der Waals surface area contributed by atoms with E-state index in [0.29, 0.717) is 11.5 Å². The average molecular weight is 212 g/mol. The first-order valence-corrected chi connectivity index (χ1v) is 6.41. The van der Waals surface area contributed by atoms with Gasteiger partial charge in [-0.15, -0.1) is 0 Å². The quantitative estimate of drug-likeness (QED) is 0.555. The van der Waals surface area contributed by atoms with Crippen LogP contribution in [-0.2, 0) is 0 Å². The van der Waals surface area contributed by atoms with Crippen LogP contribution in [0.3, 0.4) is 0 Å². The van der Waals surface area contributed by atoms with Gasteiger partial charge in [0.2, 0.25) is 0 Å². The van der Waals surface area contributed by atoms with E-state index >= 15 is 0 Å². The molecule has 15 heavy (non-hydrogen) atoms. The Labute approximate surface area is 95.0 Å². The molecule has 1 fully saturated rings. The lowest BCUT2D eigenvalue weighted by Crippen LogP contribution is -2.43. The Morgan fingerprint density at radius 3 is 2.20 bits per heavy atom. The zero-order valence-corrected chi connectivity index (χ0v) is 10.8. The van der Waals surface area contributed by atoms with Gasteiger partial charge in [-0.3, -0.25) is 11.3 Å². The van der Waals surface area contributed by atoms with Gasteiger partial charge < -0.3 is 0 Å². The molecule has 1 atom stereocenters. The van der Waals surface area contributed by atoms with Crippen LogP contribution in [0.5, 0.6) is 0 Å². The van der Waals surface area contributed by atoms with Crippen LogP contribution in [0.4, 0.5) is 0 Å². The summed E-state index contributed by atoms with van der Waals surface area (Å²) in [7, 11) is 0. The van der Waals surface area contributed by atoms with Crippen LogP contribution in [0.2, 0.25) is 0 Å². The van der Waals surface area contributed by atoms with Gasteiger partial charge in [0.25, 0.3) is 0 Å². The number of hydrogen-bond acceptors (Lipinski definition) is 2. The summed E-state index contributed by atoms with van der Waals surface area (Å²) >= 11 is 0. The first-order chi connectivity index (χ1) is 6.94. The Kier molecular flexibility index (Phi) is 4.60. The Hall–Kier alpha value is -0.0800. The van der Waals surface area contributed by atoms with Crippen LogP contribution in [0.25, 0.3) is 0 Å². The van der Waals surface area contributed by atoms with E-state index in [1.165, 1.54) is 32.1 Å². The molecule has 1 unspecified atom stereocenters. The van der Waals surface area contributed by atoms with E-state index in [0.717, 1.165) is 11.8 Å². The van der Waals surface area contributed by atoms with Crippen LogP contribution in [0, 0.1) is 17.3 Å². The fourth-order valence-corrected chi connectivity index (χ4v) is 2.73.